The third kappa shape index (κ3) is 5.47. The maximum Gasteiger partial charge on any atom is 0.226 e. The highest BCUT2D eigenvalue weighted by molar-refractivity contribution is 5.75. The molecule has 124 valence electrons. The molecule has 0 radical (unpaired) electrons. The highest BCUT2D eigenvalue weighted by Gasteiger charge is 2.10. The van der Waals surface area contributed by atoms with Gasteiger partial charge in [-0.15, -0.1) is 0 Å². The lowest BCUT2D eigenvalue weighted by molar-refractivity contribution is -0.121. The van der Waals surface area contributed by atoms with Crippen molar-refractivity contribution in [2.24, 2.45) is 0 Å². The van der Waals surface area contributed by atoms with E-state index in [1.165, 1.54) is 6.07 Å². The maximum absolute atomic E-state index is 13.4. The summed E-state index contributed by atoms with van der Waals surface area (Å²) in [6.45, 7) is 4.42. The Kier molecular flexibility index (Phi) is 6.26. The first-order valence-corrected chi connectivity index (χ1v) is 7.89. The Balaban J connectivity index is 1.64. The van der Waals surface area contributed by atoms with E-state index in [9.17, 15) is 9.18 Å². The SMILES string of the molecule is CC(C)c1noc(CCCC(=O)NCCc2ccccc2F)n1. The fraction of sp³-hybridized carbons (Fsp3) is 0.471. The average Bonchev–Trinajstić information content (AvgIpc) is 2.98. The van der Waals surface area contributed by atoms with Gasteiger partial charge in [-0.2, -0.15) is 4.98 Å². The number of aryl methyl sites for hydroxylation is 1. The number of aromatic nitrogens is 2. The van der Waals surface area contributed by atoms with E-state index in [0.717, 1.165) is 0 Å². The zero-order valence-electron chi connectivity index (χ0n) is 13.5. The van der Waals surface area contributed by atoms with Gasteiger partial charge >= 0.3 is 0 Å². The smallest absolute Gasteiger partial charge is 0.226 e. The Hall–Kier alpha value is -2.24. The largest absolute Gasteiger partial charge is 0.356 e. The van der Waals surface area contributed by atoms with Crippen molar-refractivity contribution >= 4 is 5.91 Å². The number of hydrogen-bond acceptors (Lipinski definition) is 4. The van der Waals surface area contributed by atoms with Crippen LogP contribution in [-0.4, -0.2) is 22.6 Å². The van der Waals surface area contributed by atoms with Crippen LogP contribution in [0.25, 0.3) is 0 Å². The lowest BCUT2D eigenvalue weighted by Crippen LogP contribution is -2.25. The molecule has 23 heavy (non-hydrogen) atoms. The lowest BCUT2D eigenvalue weighted by atomic mass is 10.1. The molecule has 2 rings (SSSR count). The number of nitrogens with one attached hydrogen (secondary N) is 1. The Bertz CT molecular complexity index is 640. The molecule has 0 fully saturated rings. The van der Waals surface area contributed by atoms with Gasteiger partial charge in [-0.3, -0.25) is 4.79 Å². The van der Waals surface area contributed by atoms with Crippen molar-refractivity contribution in [2.75, 3.05) is 6.54 Å². The van der Waals surface area contributed by atoms with Crippen LogP contribution in [0.15, 0.2) is 28.8 Å². The molecule has 1 heterocycles. The molecule has 0 atom stereocenters. The van der Waals surface area contributed by atoms with Crippen LogP contribution in [0, 0.1) is 5.82 Å². The van der Waals surface area contributed by atoms with E-state index in [4.69, 9.17) is 4.52 Å². The predicted octanol–water partition coefficient (Wildman–Crippen LogP) is 3.01. The Morgan fingerprint density at radius 2 is 2.09 bits per heavy atom. The Morgan fingerprint density at radius 3 is 2.78 bits per heavy atom. The van der Waals surface area contributed by atoms with Gasteiger partial charge in [-0.1, -0.05) is 37.2 Å². The molecular formula is C17H22FN3O2. The Morgan fingerprint density at radius 1 is 1.30 bits per heavy atom. The summed E-state index contributed by atoms with van der Waals surface area (Å²) in [6.07, 6.45) is 2.10. The molecule has 0 aliphatic rings. The fourth-order valence-electron chi connectivity index (χ4n) is 2.13. The summed E-state index contributed by atoms with van der Waals surface area (Å²) in [4.78, 5) is 16.0. The van der Waals surface area contributed by atoms with Gasteiger partial charge in [-0.25, -0.2) is 4.39 Å². The molecule has 0 unspecified atom stereocenters. The quantitative estimate of drug-likeness (QED) is 0.812. The van der Waals surface area contributed by atoms with Gasteiger partial charge in [0.15, 0.2) is 5.82 Å². The summed E-state index contributed by atoms with van der Waals surface area (Å²) in [7, 11) is 0. The number of nitrogens with zero attached hydrogens (tertiary/aromatic N) is 2. The second kappa shape index (κ2) is 8.41. The fourth-order valence-corrected chi connectivity index (χ4v) is 2.13. The van der Waals surface area contributed by atoms with Gasteiger partial charge in [0.1, 0.15) is 5.82 Å². The summed E-state index contributed by atoms with van der Waals surface area (Å²) in [5.74, 6) is 1.19. The molecule has 0 saturated heterocycles. The number of amides is 1. The Labute approximate surface area is 135 Å². The van der Waals surface area contributed by atoms with Crippen LogP contribution >= 0.6 is 0 Å². The topological polar surface area (TPSA) is 68.0 Å². The molecule has 0 aliphatic heterocycles. The van der Waals surface area contributed by atoms with Crippen molar-refractivity contribution in [1.29, 1.82) is 0 Å². The van der Waals surface area contributed by atoms with Gasteiger partial charge in [0.05, 0.1) is 0 Å². The number of halogens is 1. The highest BCUT2D eigenvalue weighted by atomic mass is 19.1. The third-order valence-corrected chi connectivity index (χ3v) is 3.47. The molecule has 0 bridgehead atoms. The van der Waals surface area contributed by atoms with E-state index in [-0.39, 0.29) is 17.6 Å². The molecule has 1 N–H and O–H groups in total. The number of rotatable bonds is 8. The van der Waals surface area contributed by atoms with Crippen molar-refractivity contribution in [2.45, 2.75) is 45.4 Å². The molecule has 0 aliphatic carbocycles. The monoisotopic (exact) mass is 319 g/mol. The van der Waals surface area contributed by atoms with Crippen molar-refractivity contribution in [1.82, 2.24) is 15.5 Å². The van der Waals surface area contributed by atoms with Crippen LogP contribution in [0.2, 0.25) is 0 Å². The third-order valence-electron chi connectivity index (χ3n) is 3.47. The van der Waals surface area contributed by atoms with Crippen molar-refractivity contribution in [3.05, 3.63) is 47.4 Å². The van der Waals surface area contributed by atoms with E-state index in [1.54, 1.807) is 18.2 Å². The minimum Gasteiger partial charge on any atom is -0.356 e. The number of benzene rings is 1. The van der Waals surface area contributed by atoms with E-state index >= 15 is 0 Å². The predicted molar refractivity (Wildman–Crippen MR) is 84.4 cm³/mol. The van der Waals surface area contributed by atoms with Gasteiger partial charge in [0, 0.05) is 25.3 Å². The molecule has 2 aromatic rings. The molecule has 0 spiro atoms. The number of carbonyl (C=O) groups excluding carboxylic acids is 1. The molecule has 1 aromatic heterocycles. The first-order chi connectivity index (χ1) is 11.1. The number of carbonyl (C=O) groups is 1. The van der Waals surface area contributed by atoms with Crippen LogP contribution in [0.5, 0.6) is 0 Å². The van der Waals surface area contributed by atoms with E-state index < -0.39 is 0 Å². The van der Waals surface area contributed by atoms with Crippen LogP contribution in [0.1, 0.15) is 49.9 Å². The normalized spacial score (nSPS) is 11.0. The van der Waals surface area contributed by atoms with Crippen LogP contribution in [-0.2, 0) is 17.6 Å². The minimum atomic E-state index is -0.237. The first kappa shape index (κ1) is 17.1. The summed E-state index contributed by atoms with van der Waals surface area (Å²) in [5, 5.41) is 6.68. The van der Waals surface area contributed by atoms with Gasteiger partial charge < -0.3 is 9.84 Å². The van der Waals surface area contributed by atoms with Crippen LogP contribution < -0.4 is 5.32 Å². The molecule has 5 nitrogen and oxygen atoms in total. The molecule has 0 saturated carbocycles. The second-order valence-electron chi connectivity index (χ2n) is 5.75. The van der Waals surface area contributed by atoms with Crippen LogP contribution in [0.3, 0.4) is 0 Å². The summed E-state index contributed by atoms with van der Waals surface area (Å²) in [5.41, 5.74) is 0.611. The first-order valence-electron chi connectivity index (χ1n) is 7.89. The second-order valence-corrected chi connectivity index (χ2v) is 5.75. The van der Waals surface area contributed by atoms with Crippen molar-refractivity contribution < 1.29 is 13.7 Å². The van der Waals surface area contributed by atoms with Crippen molar-refractivity contribution in [3.63, 3.8) is 0 Å². The van der Waals surface area contributed by atoms with Gasteiger partial charge in [0.25, 0.3) is 0 Å². The molecule has 1 amide bonds. The highest BCUT2D eigenvalue weighted by Crippen LogP contribution is 2.11. The number of hydrogen-bond donors (Lipinski definition) is 1. The maximum atomic E-state index is 13.4. The van der Waals surface area contributed by atoms with E-state index in [1.807, 2.05) is 13.8 Å². The zero-order chi connectivity index (χ0) is 16.7. The summed E-state index contributed by atoms with van der Waals surface area (Å²) < 4.78 is 18.6. The summed E-state index contributed by atoms with van der Waals surface area (Å²) >= 11 is 0. The van der Waals surface area contributed by atoms with Gasteiger partial charge in [0.2, 0.25) is 11.8 Å². The molecule has 1 aromatic carbocycles. The van der Waals surface area contributed by atoms with Crippen molar-refractivity contribution in [3.8, 4) is 0 Å². The molecule has 6 heteroatoms. The average molecular weight is 319 g/mol. The van der Waals surface area contributed by atoms with E-state index in [2.05, 4.69) is 15.5 Å². The van der Waals surface area contributed by atoms with Gasteiger partial charge in [-0.05, 0) is 24.5 Å². The molecular weight excluding hydrogens is 297 g/mol. The van der Waals surface area contributed by atoms with Crippen LogP contribution in [0.4, 0.5) is 4.39 Å². The zero-order valence-corrected chi connectivity index (χ0v) is 13.5. The lowest BCUT2D eigenvalue weighted by Gasteiger charge is -2.05. The minimum absolute atomic E-state index is 0.0510. The van der Waals surface area contributed by atoms with E-state index in [0.29, 0.717) is 49.5 Å². The summed E-state index contributed by atoms with van der Waals surface area (Å²) in [6, 6.07) is 6.59. The standard InChI is InChI=1S/C17H22FN3O2/c1-12(2)17-20-16(23-21-17)9-5-8-15(22)19-11-10-13-6-3-4-7-14(13)18/h3-4,6-7,12H,5,8-11H2,1-2H3,(H,19,22).